The van der Waals surface area contributed by atoms with Gasteiger partial charge in [0.25, 0.3) is 0 Å². The molecule has 5 heteroatoms. The Hall–Kier alpha value is -1.42. The molecule has 0 radical (unpaired) electrons. The number of methoxy groups -OCH3 is 2. The lowest BCUT2D eigenvalue weighted by Crippen LogP contribution is -2.27. The summed E-state index contributed by atoms with van der Waals surface area (Å²) < 4.78 is 10.5. The zero-order valence-corrected chi connectivity index (χ0v) is 11.9. The van der Waals surface area contributed by atoms with Crippen LogP contribution in [0.25, 0.3) is 0 Å². The monoisotopic (exact) mass is 283 g/mol. The molecule has 0 N–H and O–H groups in total. The number of benzene rings is 1. The van der Waals surface area contributed by atoms with Crippen molar-refractivity contribution in [3.05, 3.63) is 23.8 Å². The van der Waals surface area contributed by atoms with E-state index in [1.165, 1.54) is 0 Å². The molecule has 104 valence electrons. The molecule has 0 bridgehead atoms. The minimum absolute atomic E-state index is 0.0488. The van der Waals surface area contributed by atoms with Gasteiger partial charge in [0.1, 0.15) is 11.5 Å². The van der Waals surface area contributed by atoms with Crippen molar-refractivity contribution in [1.29, 1.82) is 0 Å². The molecular weight excluding hydrogens is 266 g/mol. The van der Waals surface area contributed by atoms with Gasteiger partial charge in [0.2, 0.25) is 5.91 Å². The number of hydrogen-bond acceptors (Lipinski definition) is 3. The summed E-state index contributed by atoms with van der Waals surface area (Å²) >= 11 is 5.98. The molecule has 1 aromatic rings. The highest BCUT2D eigenvalue weighted by molar-refractivity contribution is 6.22. The Labute approximate surface area is 118 Å². The molecule has 4 nitrogen and oxygen atoms in total. The van der Waals surface area contributed by atoms with Gasteiger partial charge in [-0.25, -0.2) is 0 Å². The summed E-state index contributed by atoms with van der Waals surface area (Å²) in [5.41, 5.74) is 1.09. The van der Waals surface area contributed by atoms with Gasteiger partial charge in [-0.3, -0.25) is 4.79 Å². The zero-order chi connectivity index (χ0) is 13.8. The van der Waals surface area contributed by atoms with Crippen molar-refractivity contribution in [3.8, 4) is 11.5 Å². The third kappa shape index (κ3) is 3.53. The van der Waals surface area contributed by atoms with Crippen LogP contribution >= 0.6 is 11.6 Å². The molecule has 1 fully saturated rings. The van der Waals surface area contributed by atoms with Gasteiger partial charge in [-0.1, -0.05) is 0 Å². The lowest BCUT2D eigenvalue weighted by molar-refractivity contribution is -0.127. The van der Waals surface area contributed by atoms with Crippen molar-refractivity contribution in [2.45, 2.75) is 18.2 Å². The molecule has 0 saturated carbocycles. The fourth-order valence-electron chi connectivity index (χ4n) is 2.21. The van der Waals surface area contributed by atoms with E-state index in [-0.39, 0.29) is 11.3 Å². The molecule has 1 aliphatic rings. The minimum atomic E-state index is -0.0488. The lowest BCUT2D eigenvalue weighted by atomic mass is 10.1. The fourth-order valence-corrected chi connectivity index (χ4v) is 2.51. The molecule has 0 spiro atoms. The smallest absolute Gasteiger partial charge is 0.224 e. The number of ether oxygens (including phenoxy) is 2. The van der Waals surface area contributed by atoms with Gasteiger partial charge in [0.15, 0.2) is 0 Å². The molecular formula is C14H18ClNO3. The standard InChI is InChI=1S/C14H18ClNO3/c1-18-12-5-10(6-13(8-12)19-2)3-4-16-9-11(15)7-14(16)17/h5-6,8,11H,3-4,7,9H2,1-2H3. The maximum Gasteiger partial charge on any atom is 0.224 e. The summed E-state index contributed by atoms with van der Waals surface area (Å²) in [5.74, 6) is 1.66. The van der Waals surface area contributed by atoms with E-state index < -0.39 is 0 Å². The molecule has 0 aliphatic carbocycles. The highest BCUT2D eigenvalue weighted by atomic mass is 35.5. The molecule has 1 aliphatic heterocycles. The largest absolute Gasteiger partial charge is 0.497 e. The summed E-state index contributed by atoms with van der Waals surface area (Å²) in [7, 11) is 3.25. The van der Waals surface area contributed by atoms with Crippen LogP contribution in [0, 0.1) is 0 Å². The quantitative estimate of drug-likeness (QED) is 0.777. The number of nitrogens with zero attached hydrogens (tertiary/aromatic N) is 1. The molecule has 1 aromatic carbocycles. The molecule has 1 unspecified atom stereocenters. The molecule has 1 amide bonds. The highest BCUT2D eigenvalue weighted by Gasteiger charge is 2.27. The van der Waals surface area contributed by atoms with Crippen molar-refractivity contribution in [2.75, 3.05) is 27.3 Å². The Morgan fingerprint density at radius 1 is 1.26 bits per heavy atom. The normalized spacial score (nSPS) is 18.8. The first-order valence-electron chi connectivity index (χ1n) is 6.26. The number of rotatable bonds is 5. The second kappa shape index (κ2) is 6.15. The maximum atomic E-state index is 11.6. The van der Waals surface area contributed by atoms with Crippen LogP contribution in [0.4, 0.5) is 0 Å². The van der Waals surface area contributed by atoms with E-state index >= 15 is 0 Å². The Kier molecular flexibility index (Phi) is 4.53. The Bertz CT molecular complexity index is 442. The Morgan fingerprint density at radius 3 is 2.37 bits per heavy atom. The summed E-state index contributed by atoms with van der Waals surface area (Å²) in [6.07, 6.45) is 1.21. The first kappa shape index (κ1) is 14.0. The number of hydrogen-bond donors (Lipinski definition) is 0. The number of carbonyl (C=O) groups excluding carboxylic acids is 1. The van der Waals surface area contributed by atoms with Crippen LogP contribution in [0.3, 0.4) is 0 Å². The average molecular weight is 284 g/mol. The van der Waals surface area contributed by atoms with Crippen molar-refractivity contribution in [1.82, 2.24) is 4.90 Å². The predicted molar refractivity (Wildman–Crippen MR) is 74.1 cm³/mol. The van der Waals surface area contributed by atoms with Crippen molar-refractivity contribution in [2.24, 2.45) is 0 Å². The average Bonchev–Trinajstić information content (AvgIpc) is 2.74. The van der Waals surface area contributed by atoms with Gasteiger partial charge in [-0.05, 0) is 24.1 Å². The predicted octanol–water partition coefficient (Wildman–Crippen LogP) is 2.09. The van der Waals surface area contributed by atoms with Crippen LogP contribution in [0.5, 0.6) is 11.5 Å². The highest BCUT2D eigenvalue weighted by Crippen LogP contribution is 2.23. The Morgan fingerprint density at radius 2 is 1.89 bits per heavy atom. The zero-order valence-electron chi connectivity index (χ0n) is 11.2. The van der Waals surface area contributed by atoms with Gasteiger partial charge in [0, 0.05) is 25.6 Å². The number of carbonyl (C=O) groups is 1. The van der Waals surface area contributed by atoms with Crippen LogP contribution in [0.15, 0.2) is 18.2 Å². The second-order valence-electron chi connectivity index (χ2n) is 4.61. The van der Waals surface area contributed by atoms with Gasteiger partial charge in [-0.2, -0.15) is 0 Å². The SMILES string of the molecule is COc1cc(CCN2CC(Cl)CC2=O)cc(OC)c1. The van der Waals surface area contributed by atoms with E-state index in [1.54, 1.807) is 14.2 Å². The summed E-state index contributed by atoms with van der Waals surface area (Å²) in [6, 6.07) is 5.75. The van der Waals surface area contributed by atoms with Crippen LogP contribution in [0.1, 0.15) is 12.0 Å². The second-order valence-corrected chi connectivity index (χ2v) is 5.23. The van der Waals surface area contributed by atoms with E-state index in [9.17, 15) is 4.79 Å². The van der Waals surface area contributed by atoms with Gasteiger partial charge in [0.05, 0.1) is 19.6 Å². The van der Waals surface area contributed by atoms with E-state index in [0.29, 0.717) is 19.5 Å². The molecule has 1 heterocycles. The molecule has 2 rings (SSSR count). The molecule has 1 saturated heterocycles. The third-order valence-corrected chi connectivity index (χ3v) is 3.54. The molecule has 19 heavy (non-hydrogen) atoms. The minimum Gasteiger partial charge on any atom is -0.497 e. The summed E-state index contributed by atoms with van der Waals surface area (Å²) in [5, 5.41) is -0.0488. The van der Waals surface area contributed by atoms with Gasteiger partial charge < -0.3 is 14.4 Å². The van der Waals surface area contributed by atoms with E-state index in [4.69, 9.17) is 21.1 Å². The lowest BCUT2D eigenvalue weighted by Gasteiger charge is -2.16. The van der Waals surface area contributed by atoms with Crippen LogP contribution < -0.4 is 9.47 Å². The van der Waals surface area contributed by atoms with Crippen LogP contribution in [-0.2, 0) is 11.2 Å². The van der Waals surface area contributed by atoms with Crippen molar-refractivity contribution in [3.63, 3.8) is 0 Å². The van der Waals surface area contributed by atoms with Crippen LogP contribution in [-0.4, -0.2) is 43.5 Å². The van der Waals surface area contributed by atoms with E-state index in [1.807, 2.05) is 23.1 Å². The Balaban J connectivity index is 2.01. The topological polar surface area (TPSA) is 38.8 Å². The van der Waals surface area contributed by atoms with Crippen LogP contribution in [0.2, 0.25) is 0 Å². The third-order valence-electron chi connectivity index (χ3n) is 3.25. The maximum absolute atomic E-state index is 11.6. The molecule has 0 aromatic heterocycles. The summed E-state index contributed by atoms with van der Waals surface area (Å²) in [4.78, 5) is 13.5. The fraction of sp³-hybridized carbons (Fsp3) is 0.500. The van der Waals surface area contributed by atoms with Crippen molar-refractivity contribution >= 4 is 17.5 Å². The molecule has 1 atom stereocenters. The van der Waals surface area contributed by atoms with Crippen molar-refractivity contribution < 1.29 is 14.3 Å². The first-order valence-corrected chi connectivity index (χ1v) is 6.70. The number of alkyl halides is 1. The van der Waals surface area contributed by atoms with E-state index in [2.05, 4.69) is 0 Å². The van der Waals surface area contributed by atoms with Gasteiger partial charge in [-0.15, -0.1) is 11.6 Å². The number of amides is 1. The first-order chi connectivity index (χ1) is 9.12. The number of halogens is 1. The number of likely N-dealkylation sites (tertiary alicyclic amines) is 1. The summed E-state index contributed by atoms with van der Waals surface area (Å²) in [6.45, 7) is 1.32. The van der Waals surface area contributed by atoms with E-state index in [0.717, 1.165) is 23.5 Å². The van der Waals surface area contributed by atoms with Gasteiger partial charge >= 0.3 is 0 Å².